The molecule has 3 aromatic heterocycles. The van der Waals surface area contributed by atoms with Crippen molar-refractivity contribution in [3.05, 3.63) is 164 Å². The number of para-hydroxylation sites is 1. The number of thiophene rings is 1. The normalized spacial score (nSPS) is 11.4. The molecule has 9 aromatic rings. The molecule has 220 valence electrons. The van der Waals surface area contributed by atoms with Gasteiger partial charge < -0.3 is 0 Å². The largest absolute Gasteiger partial charge is 0.246 e. The molecule has 47 heavy (non-hydrogen) atoms. The molecule has 0 atom stereocenters. The molecule has 0 fully saturated rings. The second-order valence-corrected chi connectivity index (χ2v) is 12.7. The molecular weight excluding hydrogens is 591 g/mol. The van der Waals surface area contributed by atoms with Crippen molar-refractivity contribution in [3.8, 4) is 56.2 Å². The summed E-state index contributed by atoms with van der Waals surface area (Å²) in [6.45, 7) is 0. The van der Waals surface area contributed by atoms with Crippen LogP contribution in [0.4, 0.5) is 0 Å². The van der Waals surface area contributed by atoms with Crippen molar-refractivity contribution < 1.29 is 0 Å². The van der Waals surface area contributed by atoms with Crippen LogP contribution in [0, 0.1) is 0 Å². The van der Waals surface area contributed by atoms with Gasteiger partial charge in [0.05, 0.1) is 27.1 Å². The molecule has 4 heteroatoms. The van der Waals surface area contributed by atoms with Crippen molar-refractivity contribution in [2.45, 2.75) is 0 Å². The molecule has 0 spiro atoms. The second kappa shape index (κ2) is 11.4. The fourth-order valence-corrected chi connectivity index (χ4v) is 7.68. The first-order valence-corrected chi connectivity index (χ1v) is 16.5. The lowest BCUT2D eigenvalue weighted by molar-refractivity contribution is 1.18. The van der Waals surface area contributed by atoms with Gasteiger partial charge in [0.2, 0.25) is 0 Å². The zero-order valence-electron chi connectivity index (χ0n) is 25.3. The maximum atomic E-state index is 5.25. The van der Waals surface area contributed by atoms with Crippen molar-refractivity contribution >= 4 is 42.5 Å². The summed E-state index contributed by atoms with van der Waals surface area (Å²) in [7, 11) is 0. The van der Waals surface area contributed by atoms with Gasteiger partial charge in [-0.25, -0.2) is 15.0 Å². The minimum absolute atomic E-state index is 0.699. The van der Waals surface area contributed by atoms with E-state index in [1.165, 1.54) is 25.9 Å². The highest BCUT2D eigenvalue weighted by Gasteiger charge is 2.20. The number of fused-ring (bicyclic) bond motifs is 4. The van der Waals surface area contributed by atoms with Crippen LogP contribution in [0.15, 0.2) is 164 Å². The number of nitrogens with zero attached hydrogens (tertiary/aromatic N) is 3. The predicted molar refractivity (Wildman–Crippen MR) is 197 cm³/mol. The average Bonchev–Trinajstić information content (AvgIpc) is 3.52. The Labute approximate surface area is 276 Å². The van der Waals surface area contributed by atoms with Crippen LogP contribution in [0.25, 0.3) is 87.4 Å². The first kappa shape index (κ1) is 27.3. The SMILES string of the molecule is c1ccc(-c2cccc(-c3cc(-c4ccccc4-c4c5ccccc5nc5c4sc4ccccc45)nc(-c4ccccc4)n3)c2)cc1. The Bertz CT molecular complexity index is 2570. The van der Waals surface area contributed by atoms with Crippen LogP contribution in [0.3, 0.4) is 0 Å². The van der Waals surface area contributed by atoms with E-state index < -0.39 is 0 Å². The van der Waals surface area contributed by atoms with Crippen molar-refractivity contribution in [1.29, 1.82) is 0 Å². The summed E-state index contributed by atoms with van der Waals surface area (Å²) in [6, 6.07) is 57.2. The van der Waals surface area contributed by atoms with E-state index in [1.807, 2.05) is 24.3 Å². The molecule has 0 aliphatic carbocycles. The Morgan fingerprint density at radius 3 is 1.85 bits per heavy atom. The number of hydrogen-bond donors (Lipinski definition) is 0. The van der Waals surface area contributed by atoms with Gasteiger partial charge in [-0.15, -0.1) is 11.3 Å². The molecule has 0 amide bonds. The summed E-state index contributed by atoms with van der Waals surface area (Å²) in [5.74, 6) is 0.699. The van der Waals surface area contributed by atoms with Gasteiger partial charge in [-0.2, -0.15) is 0 Å². The first-order valence-electron chi connectivity index (χ1n) is 15.7. The highest BCUT2D eigenvalue weighted by Crippen LogP contribution is 2.45. The van der Waals surface area contributed by atoms with E-state index in [0.29, 0.717) is 5.82 Å². The zero-order valence-corrected chi connectivity index (χ0v) is 26.2. The van der Waals surface area contributed by atoms with Gasteiger partial charge in [0.25, 0.3) is 0 Å². The highest BCUT2D eigenvalue weighted by molar-refractivity contribution is 7.26. The molecule has 0 saturated heterocycles. The molecule has 0 N–H and O–H groups in total. The maximum Gasteiger partial charge on any atom is 0.160 e. The Kier molecular flexibility index (Phi) is 6.65. The minimum Gasteiger partial charge on any atom is -0.246 e. The summed E-state index contributed by atoms with van der Waals surface area (Å²) >= 11 is 1.81. The first-order chi connectivity index (χ1) is 23.3. The van der Waals surface area contributed by atoms with Crippen molar-refractivity contribution in [2.75, 3.05) is 0 Å². The van der Waals surface area contributed by atoms with Crippen molar-refractivity contribution in [1.82, 2.24) is 15.0 Å². The minimum atomic E-state index is 0.699. The van der Waals surface area contributed by atoms with E-state index in [9.17, 15) is 0 Å². The fourth-order valence-electron chi connectivity index (χ4n) is 6.47. The van der Waals surface area contributed by atoms with E-state index in [0.717, 1.165) is 55.6 Å². The molecule has 0 unspecified atom stereocenters. The summed E-state index contributed by atoms with van der Waals surface area (Å²) in [5.41, 5.74) is 11.5. The molecule has 0 saturated carbocycles. The molecular formula is C43H27N3S. The Morgan fingerprint density at radius 1 is 0.404 bits per heavy atom. The smallest absolute Gasteiger partial charge is 0.160 e. The van der Waals surface area contributed by atoms with Crippen LogP contribution in [0.2, 0.25) is 0 Å². The highest BCUT2D eigenvalue weighted by atomic mass is 32.1. The van der Waals surface area contributed by atoms with Gasteiger partial charge in [0.1, 0.15) is 0 Å². The lowest BCUT2D eigenvalue weighted by Gasteiger charge is -2.15. The van der Waals surface area contributed by atoms with Crippen LogP contribution in [-0.2, 0) is 0 Å². The van der Waals surface area contributed by atoms with Crippen LogP contribution in [0.1, 0.15) is 0 Å². The van der Waals surface area contributed by atoms with Crippen molar-refractivity contribution in [2.24, 2.45) is 0 Å². The van der Waals surface area contributed by atoms with E-state index >= 15 is 0 Å². The Morgan fingerprint density at radius 2 is 1.02 bits per heavy atom. The lowest BCUT2D eigenvalue weighted by Crippen LogP contribution is -1.97. The zero-order chi connectivity index (χ0) is 31.2. The number of aromatic nitrogens is 3. The second-order valence-electron chi connectivity index (χ2n) is 11.6. The molecule has 0 radical (unpaired) electrons. The molecule has 3 nitrogen and oxygen atoms in total. The van der Waals surface area contributed by atoms with E-state index in [1.54, 1.807) is 11.3 Å². The summed E-state index contributed by atoms with van der Waals surface area (Å²) in [6.07, 6.45) is 0. The van der Waals surface area contributed by atoms with Gasteiger partial charge in [-0.1, -0.05) is 140 Å². The van der Waals surface area contributed by atoms with Crippen LogP contribution < -0.4 is 0 Å². The Balaban J connectivity index is 1.31. The summed E-state index contributed by atoms with van der Waals surface area (Å²) in [4.78, 5) is 15.6. The van der Waals surface area contributed by atoms with Gasteiger partial charge in [-0.3, -0.25) is 0 Å². The van der Waals surface area contributed by atoms with E-state index in [2.05, 4.69) is 140 Å². The van der Waals surface area contributed by atoms with Crippen LogP contribution in [0.5, 0.6) is 0 Å². The fraction of sp³-hybridized carbons (Fsp3) is 0. The number of benzene rings is 6. The number of hydrogen-bond acceptors (Lipinski definition) is 4. The number of rotatable bonds is 5. The average molecular weight is 618 g/mol. The van der Waals surface area contributed by atoms with Crippen LogP contribution >= 0.6 is 11.3 Å². The van der Waals surface area contributed by atoms with E-state index in [-0.39, 0.29) is 0 Å². The third kappa shape index (κ3) is 4.87. The summed E-state index contributed by atoms with van der Waals surface area (Å²) in [5, 5.41) is 2.32. The van der Waals surface area contributed by atoms with Crippen LogP contribution in [-0.4, -0.2) is 15.0 Å². The Hall–Kier alpha value is -5.97. The topological polar surface area (TPSA) is 38.7 Å². The molecule has 3 heterocycles. The maximum absolute atomic E-state index is 5.25. The molecule has 0 aliphatic rings. The third-order valence-corrected chi connectivity index (χ3v) is 9.88. The lowest BCUT2D eigenvalue weighted by atomic mass is 9.93. The third-order valence-electron chi connectivity index (χ3n) is 8.70. The molecule has 0 aliphatic heterocycles. The quantitative estimate of drug-likeness (QED) is 0.193. The molecule has 0 bridgehead atoms. The van der Waals surface area contributed by atoms with E-state index in [4.69, 9.17) is 15.0 Å². The standard InChI is InChI=1S/C43H27N3S/c1-3-14-28(15-4-1)30-18-13-19-31(26-30)37-27-38(46-43(45-37)29-16-5-2-6-17-29)32-20-7-8-21-33(32)40-34-22-9-11-24-36(34)44-41-35-23-10-12-25-39(35)47-42(40)41/h1-27H. The predicted octanol–water partition coefficient (Wildman–Crippen LogP) is 11.7. The number of pyridine rings is 1. The van der Waals surface area contributed by atoms with Crippen molar-refractivity contribution in [3.63, 3.8) is 0 Å². The van der Waals surface area contributed by atoms with Gasteiger partial charge in [-0.05, 0) is 41.0 Å². The van der Waals surface area contributed by atoms with Gasteiger partial charge in [0.15, 0.2) is 5.82 Å². The summed E-state index contributed by atoms with van der Waals surface area (Å²) < 4.78 is 2.42. The van der Waals surface area contributed by atoms with Gasteiger partial charge >= 0.3 is 0 Å². The molecule has 6 aromatic carbocycles. The monoisotopic (exact) mass is 617 g/mol. The molecule has 9 rings (SSSR count). The van der Waals surface area contributed by atoms with Gasteiger partial charge in [0, 0.05) is 37.7 Å².